The number of aromatic nitrogens is 2. The lowest BCUT2D eigenvalue weighted by Gasteiger charge is -2.13. The van der Waals surface area contributed by atoms with Crippen LogP contribution >= 0.6 is 0 Å². The van der Waals surface area contributed by atoms with Gasteiger partial charge in [0.25, 0.3) is 5.91 Å². The van der Waals surface area contributed by atoms with Crippen LogP contribution in [0.2, 0.25) is 0 Å². The Morgan fingerprint density at radius 2 is 1.65 bits per heavy atom. The first kappa shape index (κ1) is 23.4. The van der Waals surface area contributed by atoms with Gasteiger partial charge in [0.15, 0.2) is 6.61 Å². The van der Waals surface area contributed by atoms with Crippen LogP contribution in [0.5, 0.6) is 11.5 Å². The minimum absolute atomic E-state index is 0.0417. The molecule has 0 saturated heterocycles. The lowest BCUT2D eigenvalue weighted by Crippen LogP contribution is -2.29. The zero-order chi connectivity index (χ0) is 23.8. The first-order chi connectivity index (χ1) is 16.6. The van der Waals surface area contributed by atoms with E-state index in [1.54, 1.807) is 0 Å². The number of benzene rings is 3. The van der Waals surface area contributed by atoms with Gasteiger partial charge in [-0.2, -0.15) is 0 Å². The summed E-state index contributed by atoms with van der Waals surface area (Å²) in [5.41, 5.74) is 3.23. The fourth-order valence-electron chi connectivity index (χ4n) is 3.79. The number of imidazole rings is 1. The SMILES string of the molecule is CCC(C)c1ccc(OCCn2c(CNC(=O)COc3ccccc3)nc3ccccc32)cc1. The van der Waals surface area contributed by atoms with Crippen LogP contribution in [0.3, 0.4) is 0 Å². The smallest absolute Gasteiger partial charge is 0.258 e. The second-order valence-corrected chi connectivity index (χ2v) is 8.27. The van der Waals surface area contributed by atoms with Crippen LogP contribution < -0.4 is 14.8 Å². The summed E-state index contributed by atoms with van der Waals surface area (Å²) in [5.74, 6) is 2.65. The summed E-state index contributed by atoms with van der Waals surface area (Å²) in [7, 11) is 0. The van der Waals surface area contributed by atoms with E-state index in [1.807, 2.05) is 66.7 Å². The number of rotatable bonds is 11. The maximum atomic E-state index is 12.3. The standard InChI is InChI=1S/C28H31N3O3/c1-3-21(2)22-13-15-24(16-14-22)33-18-17-31-26-12-8-7-11-25(26)30-27(31)19-29-28(32)20-34-23-9-5-4-6-10-23/h4-16,21H,3,17-20H2,1-2H3,(H,29,32). The van der Waals surface area contributed by atoms with Crippen LogP contribution in [0.1, 0.15) is 37.6 Å². The number of fused-ring (bicyclic) bond motifs is 1. The van der Waals surface area contributed by atoms with E-state index in [4.69, 9.17) is 14.5 Å². The van der Waals surface area contributed by atoms with Gasteiger partial charge in [-0.15, -0.1) is 0 Å². The molecule has 0 fully saturated rings. The van der Waals surface area contributed by atoms with Crippen LogP contribution in [0.25, 0.3) is 11.0 Å². The van der Waals surface area contributed by atoms with Gasteiger partial charge < -0.3 is 19.4 Å². The molecule has 3 aromatic carbocycles. The maximum Gasteiger partial charge on any atom is 0.258 e. The number of amides is 1. The van der Waals surface area contributed by atoms with Crippen LogP contribution in [0, 0.1) is 0 Å². The highest BCUT2D eigenvalue weighted by atomic mass is 16.5. The Hall–Kier alpha value is -3.80. The lowest BCUT2D eigenvalue weighted by atomic mass is 9.99. The second-order valence-electron chi connectivity index (χ2n) is 8.27. The summed E-state index contributed by atoms with van der Waals surface area (Å²) in [6.07, 6.45) is 1.12. The molecule has 1 unspecified atom stereocenters. The minimum Gasteiger partial charge on any atom is -0.492 e. The molecule has 0 saturated carbocycles. The van der Waals surface area contributed by atoms with E-state index in [1.165, 1.54) is 5.56 Å². The molecule has 0 aliphatic carbocycles. The van der Waals surface area contributed by atoms with Gasteiger partial charge in [-0.05, 0) is 54.3 Å². The first-order valence-electron chi connectivity index (χ1n) is 11.8. The number of nitrogens with one attached hydrogen (secondary N) is 1. The van der Waals surface area contributed by atoms with E-state index in [9.17, 15) is 4.79 Å². The Morgan fingerprint density at radius 3 is 2.41 bits per heavy atom. The molecule has 1 aromatic heterocycles. The van der Waals surface area contributed by atoms with E-state index >= 15 is 0 Å². The second kappa shape index (κ2) is 11.4. The number of ether oxygens (including phenoxy) is 2. The van der Waals surface area contributed by atoms with Crippen LogP contribution in [-0.4, -0.2) is 28.7 Å². The number of carbonyl (C=O) groups is 1. The Kier molecular flexibility index (Phi) is 7.81. The van der Waals surface area contributed by atoms with Crippen molar-refractivity contribution in [3.8, 4) is 11.5 Å². The molecular weight excluding hydrogens is 426 g/mol. The molecular formula is C28H31N3O3. The molecule has 4 aromatic rings. The number of nitrogens with zero attached hydrogens (tertiary/aromatic N) is 2. The monoisotopic (exact) mass is 457 g/mol. The Balaban J connectivity index is 1.36. The highest BCUT2D eigenvalue weighted by Gasteiger charge is 2.12. The van der Waals surface area contributed by atoms with Crippen molar-refractivity contribution in [1.82, 2.24) is 14.9 Å². The molecule has 34 heavy (non-hydrogen) atoms. The molecule has 0 spiro atoms. The lowest BCUT2D eigenvalue weighted by molar-refractivity contribution is -0.123. The summed E-state index contributed by atoms with van der Waals surface area (Å²) in [4.78, 5) is 17.0. The van der Waals surface area contributed by atoms with Crippen LogP contribution in [0.15, 0.2) is 78.9 Å². The average molecular weight is 458 g/mol. The zero-order valence-corrected chi connectivity index (χ0v) is 19.7. The van der Waals surface area contributed by atoms with Crippen molar-refractivity contribution in [2.45, 2.75) is 39.3 Å². The van der Waals surface area contributed by atoms with E-state index in [-0.39, 0.29) is 12.5 Å². The molecule has 0 aliphatic rings. The normalized spacial score (nSPS) is 11.8. The van der Waals surface area contributed by atoms with Crippen molar-refractivity contribution in [3.05, 3.63) is 90.3 Å². The van der Waals surface area contributed by atoms with Crippen molar-refractivity contribution >= 4 is 16.9 Å². The van der Waals surface area contributed by atoms with E-state index in [2.05, 4.69) is 35.9 Å². The Morgan fingerprint density at radius 1 is 0.941 bits per heavy atom. The molecule has 6 heteroatoms. The van der Waals surface area contributed by atoms with Crippen molar-refractivity contribution in [1.29, 1.82) is 0 Å². The molecule has 0 aliphatic heterocycles. The van der Waals surface area contributed by atoms with Gasteiger partial charge in [0.2, 0.25) is 0 Å². The predicted molar refractivity (Wildman–Crippen MR) is 134 cm³/mol. The van der Waals surface area contributed by atoms with Gasteiger partial charge in [-0.25, -0.2) is 4.98 Å². The fourth-order valence-corrected chi connectivity index (χ4v) is 3.79. The minimum atomic E-state index is -0.194. The summed E-state index contributed by atoms with van der Waals surface area (Å²) in [6.45, 7) is 5.82. The predicted octanol–water partition coefficient (Wildman–Crippen LogP) is 5.32. The van der Waals surface area contributed by atoms with Gasteiger partial charge in [-0.3, -0.25) is 4.79 Å². The Bertz CT molecular complexity index is 1200. The molecule has 4 rings (SSSR count). The Labute approximate surface area is 200 Å². The number of hydrogen-bond donors (Lipinski definition) is 1. The molecule has 176 valence electrons. The average Bonchev–Trinajstić information content (AvgIpc) is 3.24. The van der Waals surface area contributed by atoms with Gasteiger partial charge in [0.1, 0.15) is 23.9 Å². The van der Waals surface area contributed by atoms with Gasteiger partial charge in [0.05, 0.1) is 24.1 Å². The first-order valence-corrected chi connectivity index (χ1v) is 11.8. The highest BCUT2D eigenvalue weighted by molar-refractivity contribution is 5.78. The van der Waals surface area contributed by atoms with Crippen LogP contribution in [-0.2, 0) is 17.9 Å². The number of carbonyl (C=O) groups excluding carboxylic acids is 1. The van der Waals surface area contributed by atoms with E-state index in [0.717, 1.165) is 29.0 Å². The largest absolute Gasteiger partial charge is 0.492 e. The third kappa shape index (κ3) is 5.95. The highest BCUT2D eigenvalue weighted by Crippen LogP contribution is 2.22. The molecule has 1 heterocycles. The fraction of sp³-hybridized carbons (Fsp3) is 0.286. The number of para-hydroxylation sites is 3. The maximum absolute atomic E-state index is 12.3. The van der Waals surface area contributed by atoms with Gasteiger partial charge >= 0.3 is 0 Å². The summed E-state index contributed by atoms with van der Waals surface area (Å²) < 4.78 is 13.6. The molecule has 1 amide bonds. The van der Waals surface area contributed by atoms with Crippen molar-refractivity contribution in [2.24, 2.45) is 0 Å². The number of hydrogen-bond acceptors (Lipinski definition) is 4. The molecule has 1 atom stereocenters. The van der Waals surface area contributed by atoms with E-state index in [0.29, 0.717) is 31.4 Å². The third-order valence-electron chi connectivity index (χ3n) is 5.94. The quantitative estimate of drug-likeness (QED) is 0.331. The molecule has 0 bridgehead atoms. The van der Waals surface area contributed by atoms with Crippen molar-refractivity contribution in [3.63, 3.8) is 0 Å². The zero-order valence-electron chi connectivity index (χ0n) is 19.7. The van der Waals surface area contributed by atoms with Gasteiger partial charge in [-0.1, -0.05) is 56.3 Å². The summed E-state index contributed by atoms with van der Waals surface area (Å²) in [5, 5.41) is 2.91. The van der Waals surface area contributed by atoms with Gasteiger partial charge in [0, 0.05) is 0 Å². The third-order valence-corrected chi connectivity index (χ3v) is 5.94. The van der Waals surface area contributed by atoms with E-state index < -0.39 is 0 Å². The summed E-state index contributed by atoms with van der Waals surface area (Å²) >= 11 is 0. The topological polar surface area (TPSA) is 65.4 Å². The molecule has 6 nitrogen and oxygen atoms in total. The summed E-state index contributed by atoms with van der Waals surface area (Å²) in [6, 6.07) is 25.6. The van der Waals surface area contributed by atoms with Crippen molar-refractivity contribution < 1.29 is 14.3 Å². The van der Waals surface area contributed by atoms with Crippen molar-refractivity contribution in [2.75, 3.05) is 13.2 Å². The molecule has 0 radical (unpaired) electrons. The molecule has 1 N–H and O–H groups in total. The van der Waals surface area contributed by atoms with Crippen LogP contribution in [0.4, 0.5) is 0 Å².